The monoisotopic (exact) mass is 508 g/mol. The van der Waals surface area contributed by atoms with E-state index in [1.807, 2.05) is 6.26 Å². The first-order chi connectivity index (χ1) is 15.3. The third-order valence-electron chi connectivity index (χ3n) is 4.53. The maximum atomic E-state index is 13.1. The molecule has 3 rings (SSSR count). The van der Waals surface area contributed by atoms with Gasteiger partial charge in [0, 0.05) is 22.9 Å². The number of halogens is 7. The van der Waals surface area contributed by atoms with Crippen molar-refractivity contribution in [2.75, 3.05) is 6.26 Å². The van der Waals surface area contributed by atoms with Crippen LogP contribution < -0.4 is 5.32 Å². The number of benzene rings is 1. The van der Waals surface area contributed by atoms with Crippen molar-refractivity contribution in [3.8, 4) is 5.69 Å². The third kappa shape index (κ3) is 5.61. The molecule has 176 valence electrons. The Kier molecular flexibility index (Phi) is 6.99. The predicted molar refractivity (Wildman–Crippen MR) is 110 cm³/mol. The molecule has 0 aliphatic heterocycles. The third-order valence-corrected chi connectivity index (χ3v) is 5.52. The molecule has 5 nitrogen and oxygen atoms in total. The molecule has 0 saturated heterocycles. The Morgan fingerprint density at radius 3 is 2.24 bits per heavy atom. The normalized spacial score (nSPS) is 13.1. The first kappa shape index (κ1) is 24.9. The summed E-state index contributed by atoms with van der Waals surface area (Å²) in [5, 5.41) is 6.80. The highest BCUT2D eigenvalue weighted by atomic mass is 35.5. The van der Waals surface area contributed by atoms with Crippen molar-refractivity contribution in [1.82, 2.24) is 20.1 Å². The molecule has 2 aromatic heterocycles. The van der Waals surface area contributed by atoms with Crippen LogP contribution in [-0.2, 0) is 12.4 Å². The Morgan fingerprint density at radius 1 is 1.12 bits per heavy atom. The van der Waals surface area contributed by atoms with Crippen LogP contribution in [0.4, 0.5) is 26.3 Å². The van der Waals surface area contributed by atoms with E-state index in [2.05, 4.69) is 15.4 Å². The number of rotatable bonds is 5. The van der Waals surface area contributed by atoms with E-state index in [4.69, 9.17) is 11.6 Å². The average Bonchev–Trinajstić information content (AvgIpc) is 3.20. The number of nitrogens with zero attached hydrogens (tertiary/aromatic N) is 3. The smallest absolute Gasteiger partial charge is 0.344 e. The van der Waals surface area contributed by atoms with Gasteiger partial charge < -0.3 is 5.32 Å². The molecule has 1 unspecified atom stereocenters. The molecule has 1 N–H and O–H groups in total. The van der Waals surface area contributed by atoms with Gasteiger partial charge in [-0.05, 0) is 37.4 Å². The van der Waals surface area contributed by atoms with Crippen molar-refractivity contribution in [2.24, 2.45) is 0 Å². The second kappa shape index (κ2) is 9.26. The number of carbonyl (C=O) groups is 1. The van der Waals surface area contributed by atoms with Crippen molar-refractivity contribution in [2.45, 2.75) is 30.2 Å². The Labute approximate surface area is 193 Å². The SMILES string of the molecule is CSc1cnn(-c2c(Cl)ccnc2C(C)NC(=O)c2cc(C(F)(F)F)cc(C(F)(F)F)c2)c1. The fourth-order valence-electron chi connectivity index (χ4n) is 2.96. The number of aromatic nitrogens is 3. The molecule has 1 aromatic carbocycles. The number of pyridine rings is 1. The maximum Gasteiger partial charge on any atom is 0.416 e. The number of amides is 1. The topological polar surface area (TPSA) is 59.8 Å². The second-order valence-corrected chi connectivity index (χ2v) is 8.13. The number of hydrogen-bond acceptors (Lipinski definition) is 4. The summed E-state index contributed by atoms with van der Waals surface area (Å²) in [5.74, 6) is -1.14. The molecular weight excluding hydrogens is 494 g/mol. The van der Waals surface area contributed by atoms with Crippen LogP contribution in [0, 0.1) is 0 Å². The molecule has 0 radical (unpaired) electrons. The van der Waals surface area contributed by atoms with Crippen LogP contribution in [-0.4, -0.2) is 26.9 Å². The van der Waals surface area contributed by atoms with Crippen LogP contribution in [0.5, 0.6) is 0 Å². The van der Waals surface area contributed by atoms with Gasteiger partial charge in [0.25, 0.3) is 5.91 Å². The zero-order valence-corrected chi connectivity index (χ0v) is 18.5. The molecule has 3 aromatic rings. The van der Waals surface area contributed by atoms with E-state index >= 15 is 0 Å². The highest BCUT2D eigenvalue weighted by Crippen LogP contribution is 2.36. The molecule has 0 spiro atoms. The highest BCUT2D eigenvalue weighted by molar-refractivity contribution is 7.98. The zero-order chi connectivity index (χ0) is 24.6. The molecule has 33 heavy (non-hydrogen) atoms. The lowest BCUT2D eigenvalue weighted by molar-refractivity contribution is -0.143. The van der Waals surface area contributed by atoms with Gasteiger partial charge in [0.05, 0.1) is 34.1 Å². The molecule has 0 aliphatic rings. The van der Waals surface area contributed by atoms with Gasteiger partial charge >= 0.3 is 12.4 Å². The summed E-state index contributed by atoms with van der Waals surface area (Å²) < 4.78 is 80.1. The van der Waals surface area contributed by atoms with E-state index in [-0.39, 0.29) is 16.8 Å². The zero-order valence-electron chi connectivity index (χ0n) is 16.9. The number of hydrogen-bond donors (Lipinski definition) is 1. The number of thioether (sulfide) groups is 1. The van der Waals surface area contributed by atoms with Crippen molar-refractivity contribution in [3.63, 3.8) is 0 Å². The molecule has 0 saturated carbocycles. The Balaban J connectivity index is 1.97. The van der Waals surface area contributed by atoms with Crippen LogP contribution in [0.3, 0.4) is 0 Å². The van der Waals surface area contributed by atoms with Gasteiger partial charge in [-0.15, -0.1) is 11.8 Å². The highest BCUT2D eigenvalue weighted by Gasteiger charge is 2.37. The van der Waals surface area contributed by atoms with Gasteiger partial charge in [-0.1, -0.05) is 11.6 Å². The molecule has 1 atom stereocenters. The summed E-state index contributed by atoms with van der Waals surface area (Å²) in [4.78, 5) is 17.6. The fraction of sp³-hybridized carbons (Fsp3) is 0.250. The summed E-state index contributed by atoms with van der Waals surface area (Å²) >= 11 is 7.70. The summed E-state index contributed by atoms with van der Waals surface area (Å²) in [7, 11) is 0. The lowest BCUT2D eigenvalue weighted by Gasteiger charge is -2.19. The van der Waals surface area contributed by atoms with Crippen molar-refractivity contribution in [1.29, 1.82) is 0 Å². The van der Waals surface area contributed by atoms with E-state index in [9.17, 15) is 31.1 Å². The number of nitrogens with one attached hydrogen (secondary N) is 1. The first-order valence-corrected chi connectivity index (χ1v) is 10.8. The van der Waals surface area contributed by atoms with E-state index < -0.39 is 41.0 Å². The largest absolute Gasteiger partial charge is 0.416 e. The Morgan fingerprint density at radius 2 is 1.73 bits per heavy atom. The first-order valence-electron chi connectivity index (χ1n) is 9.15. The van der Waals surface area contributed by atoms with Crippen molar-refractivity contribution >= 4 is 29.3 Å². The van der Waals surface area contributed by atoms with Crippen molar-refractivity contribution in [3.05, 3.63) is 70.3 Å². The Hall–Kier alpha value is -2.73. The minimum Gasteiger partial charge on any atom is -0.344 e. The maximum absolute atomic E-state index is 13.1. The van der Waals surface area contributed by atoms with Gasteiger partial charge in [-0.2, -0.15) is 31.4 Å². The average molecular weight is 509 g/mol. The molecule has 13 heteroatoms. The molecule has 0 bridgehead atoms. The molecule has 0 aliphatic carbocycles. The predicted octanol–water partition coefficient (Wildman–Crippen LogP) is 6.17. The quantitative estimate of drug-likeness (QED) is 0.331. The molecule has 0 fully saturated rings. The second-order valence-electron chi connectivity index (χ2n) is 6.84. The van der Waals surface area contributed by atoms with Crippen LogP contribution in [0.25, 0.3) is 5.69 Å². The van der Waals surface area contributed by atoms with Gasteiger partial charge in [0.2, 0.25) is 0 Å². The molecular formula is C20H15ClF6N4OS. The Bertz CT molecular complexity index is 1150. The molecule has 1 amide bonds. The lowest BCUT2D eigenvalue weighted by atomic mass is 10.0. The van der Waals surface area contributed by atoms with E-state index in [1.54, 1.807) is 12.4 Å². The minimum atomic E-state index is -5.07. The molecule has 2 heterocycles. The fourth-order valence-corrected chi connectivity index (χ4v) is 3.55. The van der Waals surface area contributed by atoms with Crippen LogP contribution >= 0.6 is 23.4 Å². The summed E-state index contributed by atoms with van der Waals surface area (Å²) in [6, 6.07) is 1.23. The number of alkyl halides is 6. The van der Waals surface area contributed by atoms with Crippen molar-refractivity contribution < 1.29 is 31.1 Å². The van der Waals surface area contributed by atoms with Crippen LogP contribution in [0.15, 0.2) is 47.8 Å². The van der Waals surface area contributed by atoms with E-state index in [0.29, 0.717) is 17.8 Å². The van der Waals surface area contributed by atoms with E-state index in [0.717, 1.165) is 4.90 Å². The summed E-state index contributed by atoms with van der Waals surface area (Å²) in [6.45, 7) is 1.47. The van der Waals surface area contributed by atoms with Gasteiger partial charge in [-0.3, -0.25) is 9.78 Å². The summed E-state index contributed by atoms with van der Waals surface area (Å²) in [5.41, 5.74) is -3.44. The van der Waals surface area contributed by atoms with Gasteiger partial charge in [-0.25, -0.2) is 4.68 Å². The standard InChI is InChI=1S/C20H15ClF6N4OS/c1-10(16-17(15(21)3-4-28-16)31-9-14(33-2)8-29-31)30-18(32)11-5-12(19(22,23)24)7-13(6-11)20(25,26)27/h3-10H,1-2H3,(H,30,32). The van der Waals surface area contributed by atoms with Crippen LogP contribution in [0.1, 0.15) is 40.1 Å². The minimum absolute atomic E-state index is 0.0438. The summed E-state index contributed by atoms with van der Waals surface area (Å²) in [6.07, 6.45) is -3.72. The van der Waals surface area contributed by atoms with Gasteiger partial charge in [0.1, 0.15) is 5.69 Å². The van der Waals surface area contributed by atoms with Crippen LogP contribution in [0.2, 0.25) is 5.02 Å². The lowest BCUT2D eigenvalue weighted by Crippen LogP contribution is -2.29. The van der Waals surface area contributed by atoms with E-state index in [1.165, 1.54) is 35.6 Å². The number of carbonyl (C=O) groups excluding carboxylic acids is 1. The van der Waals surface area contributed by atoms with Gasteiger partial charge in [0.15, 0.2) is 0 Å².